The number of hydrogen-bond donors (Lipinski definition) is 2. The molecule has 134 valence electrons. The monoisotopic (exact) mass is 339 g/mol. The van der Waals surface area contributed by atoms with Gasteiger partial charge in [-0.25, -0.2) is 8.78 Å². The Morgan fingerprint density at radius 3 is 2.50 bits per heavy atom. The fraction of sp³-hybridized carbons (Fsp3) is 0.588. The summed E-state index contributed by atoms with van der Waals surface area (Å²) >= 11 is 0. The number of rotatable bonds is 6. The fourth-order valence-electron chi connectivity index (χ4n) is 2.74. The summed E-state index contributed by atoms with van der Waals surface area (Å²) in [5, 5.41) is 6.23. The zero-order valence-corrected chi connectivity index (χ0v) is 14.5. The van der Waals surface area contributed by atoms with Crippen LogP contribution in [0.2, 0.25) is 0 Å². The fourth-order valence-corrected chi connectivity index (χ4v) is 2.74. The topological polar surface area (TPSA) is 42.9 Å². The summed E-state index contributed by atoms with van der Waals surface area (Å²) in [6.07, 6.45) is 0. The summed E-state index contributed by atoms with van der Waals surface area (Å²) in [5.41, 5.74) is 0.286. The van der Waals surface area contributed by atoms with Crippen molar-refractivity contribution < 1.29 is 8.78 Å². The van der Waals surface area contributed by atoms with E-state index < -0.39 is 11.6 Å². The van der Waals surface area contributed by atoms with Gasteiger partial charge in [-0.05, 0) is 24.7 Å². The number of benzene rings is 1. The summed E-state index contributed by atoms with van der Waals surface area (Å²) in [7, 11) is 1.66. The Morgan fingerprint density at radius 2 is 1.83 bits per heavy atom. The molecular weight excluding hydrogens is 312 g/mol. The Bertz CT molecular complexity index is 542. The molecule has 1 aromatic rings. The number of likely N-dealkylation sites (N-methyl/N-ethyl adjacent to an activating group) is 1. The number of nitrogens with zero attached hydrogens (tertiary/aromatic N) is 3. The average Bonchev–Trinajstić information content (AvgIpc) is 2.61. The molecular formula is C17H27F2N5. The first-order chi connectivity index (χ1) is 11.6. The van der Waals surface area contributed by atoms with Crippen molar-refractivity contribution in [1.29, 1.82) is 0 Å². The van der Waals surface area contributed by atoms with Crippen molar-refractivity contribution in [3.8, 4) is 0 Å². The first-order valence-electron chi connectivity index (χ1n) is 8.45. The molecule has 1 heterocycles. The number of nitrogens with one attached hydrogen (secondary N) is 2. The maximum Gasteiger partial charge on any atom is 0.191 e. The van der Waals surface area contributed by atoms with E-state index in [1.807, 2.05) is 0 Å². The van der Waals surface area contributed by atoms with Gasteiger partial charge in [0.05, 0.1) is 0 Å². The minimum atomic E-state index is -0.442. The van der Waals surface area contributed by atoms with Gasteiger partial charge in [0.2, 0.25) is 0 Å². The summed E-state index contributed by atoms with van der Waals surface area (Å²) in [4.78, 5) is 8.97. The molecule has 5 nitrogen and oxygen atoms in total. The van der Waals surface area contributed by atoms with Crippen LogP contribution in [-0.4, -0.2) is 68.6 Å². The van der Waals surface area contributed by atoms with Gasteiger partial charge in [-0.3, -0.25) is 9.89 Å². The summed E-state index contributed by atoms with van der Waals surface area (Å²) in [5.74, 6) is -0.277. The smallest absolute Gasteiger partial charge is 0.191 e. The average molecular weight is 339 g/mol. The van der Waals surface area contributed by atoms with Crippen molar-refractivity contribution in [3.63, 3.8) is 0 Å². The number of piperazine rings is 1. The van der Waals surface area contributed by atoms with Crippen molar-refractivity contribution in [2.45, 2.75) is 13.5 Å². The van der Waals surface area contributed by atoms with Crippen LogP contribution in [0.25, 0.3) is 0 Å². The van der Waals surface area contributed by atoms with E-state index in [1.54, 1.807) is 7.05 Å². The molecule has 7 heteroatoms. The molecule has 2 rings (SSSR count). The maximum absolute atomic E-state index is 13.6. The third kappa shape index (κ3) is 5.72. The lowest BCUT2D eigenvalue weighted by Gasteiger charge is -2.34. The molecule has 0 radical (unpaired) electrons. The van der Waals surface area contributed by atoms with Crippen LogP contribution >= 0.6 is 0 Å². The Kier molecular flexibility index (Phi) is 7.39. The molecule has 2 N–H and O–H groups in total. The predicted octanol–water partition coefficient (Wildman–Crippen LogP) is 1.27. The summed E-state index contributed by atoms with van der Waals surface area (Å²) in [6.45, 7) is 9.58. The molecule has 0 spiro atoms. The van der Waals surface area contributed by atoms with Crippen LogP contribution in [0.4, 0.5) is 8.78 Å². The van der Waals surface area contributed by atoms with Crippen LogP contribution < -0.4 is 10.6 Å². The Labute approximate surface area is 142 Å². The highest BCUT2D eigenvalue weighted by atomic mass is 19.1. The lowest BCUT2D eigenvalue weighted by atomic mass is 10.2. The van der Waals surface area contributed by atoms with Gasteiger partial charge < -0.3 is 15.5 Å². The second-order valence-corrected chi connectivity index (χ2v) is 5.86. The van der Waals surface area contributed by atoms with E-state index in [0.717, 1.165) is 57.9 Å². The van der Waals surface area contributed by atoms with Crippen LogP contribution in [0.5, 0.6) is 0 Å². The largest absolute Gasteiger partial charge is 0.355 e. The first kappa shape index (κ1) is 18.6. The van der Waals surface area contributed by atoms with E-state index in [2.05, 4.69) is 32.3 Å². The van der Waals surface area contributed by atoms with Gasteiger partial charge in [0.15, 0.2) is 5.96 Å². The van der Waals surface area contributed by atoms with Crippen LogP contribution in [0.3, 0.4) is 0 Å². The van der Waals surface area contributed by atoms with Gasteiger partial charge in [0.25, 0.3) is 0 Å². The lowest BCUT2D eigenvalue weighted by Crippen LogP contribution is -2.49. The van der Waals surface area contributed by atoms with E-state index in [4.69, 9.17) is 0 Å². The Morgan fingerprint density at radius 1 is 1.12 bits per heavy atom. The Balaban J connectivity index is 1.70. The van der Waals surface area contributed by atoms with Crippen LogP contribution in [0.1, 0.15) is 12.5 Å². The van der Waals surface area contributed by atoms with E-state index in [9.17, 15) is 8.78 Å². The highest BCUT2D eigenvalue weighted by Crippen LogP contribution is 2.09. The van der Waals surface area contributed by atoms with Crippen molar-refractivity contribution in [1.82, 2.24) is 20.4 Å². The molecule has 0 aromatic heterocycles. The predicted molar refractivity (Wildman–Crippen MR) is 93.1 cm³/mol. The quantitative estimate of drug-likeness (QED) is 0.605. The molecule has 0 unspecified atom stereocenters. The van der Waals surface area contributed by atoms with Gasteiger partial charge in [-0.2, -0.15) is 0 Å². The number of guanidine groups is 1. The van der Waals surface area contributed by atoms with Crippen LogP contribution in [0, 0.1) is 11.6 Å². The zero-order valence-electron chi connectivity index (χ0n) is 14.5. The van der Waals surface area contributed by atoms with Gasteiger partial charge in [0.1, 0.15) is 11.6 Å². The maximum atomic E-state index is 13.6. The van der Waals surface area contributed by atoms with Gasteiger partial charge in [-0.1, -0.05) is 6.92 Å². The molecule has 0 atom stereocenters. The minimum absolute atomic E-state index is 0.193. The molecule has 1 saturated heterocycles. The molecule has 1 aromatic carbocycles. The molecule has 0 bridgehead atoms. The van der Waals surface area contributed by atoms with Gasteiger partial charge >= 0.3 is 0 Å². The highest BCUT2D eigenvalue weighted by Gasteiger charge is 2.14. The second kappa shape index (κ2) is 9.54. The molecule has 1 aliphatic heterocycles. The molecule has 0 amide bonds. The molecule has 1 fully saturated rings. The third-order valence-corrected chi connectivity index (χ3v) is 4.31. The molecule has 0 aliphatic carbocycles. The van der Waals surface area contributed by atoms with Crippen molar-refractivity contribution in [3.05, 3.63) is 35.4 Å². The molecule has 1 aliphatic rings. The highest BCUT2D eigenvalue weighted by molar-refractivity contribution is 5.79. The van der Waals surface area contributed by atoms with E-state index in [1.165, 1.54) is 6.07 Å². The van der Waals surface area contributed by atoms with E-state index in [0.29, 0.717) is 5.96 Å². The zero-order chi connectivity index (χ0) is 17.4. The van der Waals surface area contributed by atoms with Crippen LogP contribution in [-0.2, 0) is 6.54 Å². The molecule has 0 saturated carbocycles. The van der Waals surface area contributed by atoms with E-state index in [-0.39, 0.29) is 12.1 Å². The van der Waals surface area contributed by atoms with Gasteiger partial charge in [0, 0.05) is 58.4 Å². The number of hydrogen-bond acceptors (Lipinski definition) is 3. The Hall–Kier alpha value is -1.73. The van der Waals surface area contributed by atoms with Crippen molar-refractivity contribution in [2.75, 3.05) is 52.9 Å². The summed E-state index contributed by atoms with van der Waals surface area (Å²) < 4.78 is 26.8. The van der Waals surface area contributed by atoms with Crippen molar-refractivity contribution in [2.24, 2.45) is 4.99 Å². The first-order valence-corrected chi connectivity index (χ1v) is 8.45. The number of aliphatic imine (C=N–C) groups is 1. The minimum Gasteiger partial charge on any atom is -0.355 e. The van der Waals surface area contributed by atoms with Crippen LogP contribution in [0.15, 0.2) is 23.2 Å². The summed E-state index contributed by atoms with van der Waals surface area (Å²) in [6, 6.07) is 3.45. The van der Waals surface area contributed by atoms with Crippen molar-refractivity contribution >= 4 is 5.96 Å². The lowest BCUT2D eigenvalue weighted by molar-refractivity contribution is 0.139. The normalized spacial score (nSPS) is 17.1. The van der Waals surface area contributed by atoms with E-state index >= 15 is 0 Å². The SMILES string of the molecule is CCN1CCN(CCNC(=NC)NCc2cc(F)ccc2F)CC1. The standard InChI is InChI=1S/C17H27F2N5/c1-3-23-8-10-24(11-9-23)7-6-21-17(20-2)22-13-14-12-15(18)4-5-16(14)19/h4-5,12H,3,6-11,13H2,1-2H3,(H2,20,21,22). The van der Waals surface area contributed by atoms with Gasteiger partial charge in [-0.15, -0.1) is 0 Å². The number of halogens is 2. The third-order valence-electron chi connectivity index (χ3n) is 4.31. The molecule has 24 heavy (non-hydrogen) atoms. The second-order valence-electron chi connectivity index (χ2n) is 5.86.